The van der Waals surface area contributed by atoms with Crippen LogP contribution < -0.4 is 14.8 Å². The molecule has 5 nitrogen and oxygen atoms in total. The van der Waals surface area contributed by atoms with Crippen LogP contribution in [0.15, 0.2) is 48.7 Å². The lowest BCUT2D eigenvalue weighted by molar-refractivity contribution is -0.128. The van der Waals surface area contributed by atoms with Crippen LogP contribution in [-0.4, -0.2) is 24.1 Å². The zero-order chi connectivity index (χ0) is 15.8. The number of ether oxygens (including phenoxy) is 2. The summed E-state index contributed by atoms with van der Waals surface area (Å²) < 4.78 is 10.8. The first-order valence-corrected chi connectivity index (χ1v) is 7.21. The molecule has 1 aromatic heterocycles. The number of methoxy groups -OCH3 is 1. The molecule has 0 saturated carbocycles. The third-order valence-corrected chi connectivity index (χ3v) is 3.17. The molecule has 1 heterocycles. The number of nitrogens with one attached hydrogen (secondary N) is 1. The Bertz CT molecular complexity index is 585. The van der Waals surface area contributed by atoms with Crippen molar-refractivity contribution in [1.29, 1.82) is 0 Å². The molecule has 2 rings (SSSR count). The van der Waals surface area contributed by atoms with Crippen LogP contribution in [0.2, 0.25) is 0 Å². The zero-order valence-electron chi connectivity index (χ0n) is 12.8. The van der Waals surface area contributed by atoms with E-state index < -0.39 is 6.10 Å². The van der Waals surface area contributed by atoms with Gasteiger partial charge >= 0.3 is 0 Å². The van der Waals surface area contributed by atoms with Crippen LogP contribution in [0.25, 0.3) is 0 Å². The molecular weight excluding hydrogens is 280 g/mol. The third kappa shape index (κ3) is 4.48. The second-order valence-electron chi connectivity index (χ2n) is 4.73. The molecule has 0 radical (unpaired) electrons. The van der Waals surface area contributed by atoms with Crippen LogP contribution in [0.4, 0.5) is 0 Å². The molecule has 5 heteroatoms. The molecule has 1 N–H and O–H groups in total. The van der Waals surface area contributed by atoms with Crippen LogP contribution in [0.5, 0.6) is 11.5 Å². The number of benzene rings is 1. The Balaban J connectivity index is 1.90. The largest absolute Gasteiger partial charge is 0.497 e. The summed E-state index contributed by atoms with van der Waals surface area (Å²) >= 11 is 0. The fourth-order valence-corrected chi connectivity index (χ4v) is 1.94. The molecule has 0 aliphatic heterocycles. The molecule has 0 fully saturated rings. The maximum atomic E-state index is 12.2. The Morgan fingerprint density at radius 1 is 1.18 bits per heavy atom. The van der Waals surface area contributed by atoms with Gasteiger partial charge in [-0.05, 0) is 42.8 Å². The summed E-state index contributed by atoms with van der Waals surface area (Å²) in [6.07, 6.45) is 1.75. The van der Waals surface area contributed by atoms with Crippen molar-refractivity contribution < 1.29 is 14.3 Å². The minimum Gasteiger partial charge on any atom is -0.497 e. The van der Waals surface area contributed by atoms with Crippen molar-refractivity contribution in [2.75, 3.05) is 7.11 Å². The van der Waals surface area contributed by atoms with Crippen LogP contribution >= 0.6 is 0 Å². The first-order valence-electron chi connectivity index (χ1n) is 7.21. The van der Waals surface area contributed by atoms with Gasteiger partial charge in [0.15, 0.2) is 6.10 Å². The average Bonchev–Trinajstić information content (AvgIpc) is 2.59. The monoisotopic (exact) mass is 300 g/mol. The normalized spacial score (nSPS) is 11.5. The van der Waals surface area contributed by atoms with E-state index in [-0.39, 0.29) is 5.91 Å². The first-order chi connectivity index (χ1) is 10.7. The lowest BCUT2D eigenvalue weighted by Gasteiger charge is -2.17. The highest BCUT2D eigenvalue weighted by molar-refractivity contribution is 5.81. The van der Waals surface area contributed by atoms with Gasteiger partial charge in [0.2, 0.25) is 0 Å². The summed E-state index contributed by atoms with van der Waals surface area (Å²) in [4.78, 5) is 16.4. The molecule has 0 aliphatic rings. The Morgan fingerprint density at radius 2 is 1.91 bits per heavy atom. The molecule has 1 unspecified atom stereocenters. The van der Waals surface area contributed by atoms with Crippen molar-refractivity contribution in [2.45, 2.75) is 26.0 Å². The Hall–Kier alpha value is -2.56. The minimum atomic E-state index is -0.530. The van der Waals surface area contributed by atoms with E-state index in [1.807, 2.05) is 25.1 Å². The van der Waals surface area contributed by atoms with Gasteiger partial charge in [0.25, 0.3) is 5.91 Å². The van der Waals surface area contributed by atoms with Gasteiger partial charge in [-0.1, -0.05) is 13.0 Å². The molecule has 22 heavy (non-hydrogen) atoms. The van der Waals surface area contributed by atoms with Gasteiger partial charge in [-0.25, -0.2) is 0 Å². The van der Waals surface area contributed by atoms with Crippen LogP contribution in [0.3, 0.4) is 0 Å². The number of carbonyl (C=O) groups excluding carboxylic acids is 1. The second-order valence-corrected chi connectivity index (χ2v) is 4.73. The van der Waals surface area contributed by atoms with Crippen molar-refractivity contribution in [3.8, 4) is 11.5 Å². The van der Waals surface area contributed by atoms with Crippen molar-refractivity contribution in [3.63, 3.8) is 0 Å². The predicted molar refractivity (Wildman–Crippen MR) is 83.8 cm³/mol. The van der Waals surface area contributed by atoms with Gasteiger partial charge in [0, 0.05) is 6.20 Å². The quantitative estimate of drug-likeness (QED) is 0.853. The number of carbonyl (C=O) groups is 1. The van der Waals surface area contributed by atoms with Crippen molar-refractivity contribution in [2.24, 2.45) is 0 Å². The Kier molecular flexibility index (Phi) is 5.77. The zero-order valence-corrected chi connectivity index (χ0v) is 12.8. The highest BCUT2D eigenvalue weighted by Crippen LogP contribution is 2.19. The lowest BCUT2D eigenvalue weighted by Crippen LogP contribution is -2.37. The number of amides is 1. The fourth-order valence-electron chi connectivity index (χ4n) is 1.94. The van der Waals surface area contributed by atoms with Gasteiger partial charge in [-0.15, -0.1) is 0 Å². The van der Waals surface area contributed by atoms with E-state index in [1.165, 1.54) is 0 Å². The number of hydrogen-bond acceptors (Lipinski definition) is 4. The van der Waals surface area contributed by atoms with Crippen molar-refractivity contribution in [1.82, 2.24) is 10.3 Å². The standard InChI is InChI=1S/C17H20N2O3/c1-3-16(22-15-9-7-14(21-2)8-10-15)17(20)19-12-13-6-4-5-11-18-13/h4-11,16H,3,12H2,1-2H3,(H,19,20). The van der Waals surface area contributed by atoms with Gasteiger partial charge in [0.05, 0.1) is 19.3 Å². The van der Waals surface area contributed by atoms with E-state index in [9.17, 15) is 4.79 Å². The number of nitrogens with zero attached hydrogens (tertiary/aromatic N) is 1. The Labute approximate surface area is 130 Å². The van der Waals surface area contributed by atoms with Gasteiger partial charge in [0.1, 0.15) is 11.5 Å². The predicted octanol–water partition coefficient (Wildman–Crippen LogP) is 2.56. The lowest BCUT2D eigenvalue weighted by atomic mass is 10.2. The minimum absolute atomic E-state index is 0.149. The molecule has 0 saturated heterocycles. The van der Waals surface area contributed by atoms with E-state index in [0.717, 1.165) is 11.4 Å². The molecular formula is C17H20N2O3. The van der Waals surface area contributed by atoms with Crippen molar-refractivity contribution in [3.05, 3.63) is 54.4 Å². The van der Waals surface area contributed by atoms with Gasteiger partial charge in [-0.3, -0.25) is 9.78 Å². The van der Waals surface area contributed by atoms with E-state index in [2.05, 4.69) is 10.3 Å². The second kappa shape index (κ2) is 8.02. The molecule has 116 valence electrons. The van der Waals surface area contributed by atoms with Crippen LogP contribution in [0.1, 0.15) is 19.0 Å². The van der Waals surface area contributed by atoms with Crippen LogP contribution in [-0.2, 0) is 11.3 Å². The summed E-state index contributed by atoms with van der Waals surface area (Å²) in [6.45, 7) is 2.30. The smallest absolute Gasteiger partial charge is 0.261 e. The number of hydrogen-bond donors (Lipinski definition) is 1. The number of rotatable bonds is 7. The highest BCUT2D eigenvalue weighted by atomic mass is 16.5. The van der Waals surface area contributed by atoms with E-state index in [0.29, 0.717) is 18.7 Å². The van der Waals surface area contributed by atoms with Crippen molar-refractivity contribution >= 4 is 5.91 Å². The van der Waals surface area contributed by atoms with Gasteiger partial charge in [-0.2, -0.15) is 0 Å². The summed E-state index contributed by atoms with van der Waals surface area (Å²) in [5.74, 6) is 1.24. The van der Waals surface area contributed by atoms with E-state index in [4.69, 9.17) is 9.47 Å². The molecule has 1 aromatic carbocycles. The summed E-state index contributed by atoms with van der Waals surface area (Å²) in [6, 6.07) is 12.8. The molecule has 2 aromatic rings. The van der Waals surface area contributed by atoms with Crippen LogP contribution in [0, 0.1) is 0 Å². The SMILES string of the molecule is CCC(Oc1ccc(OC)cc1)C(=O)NCc1ccccn1. The first kappa shape index (κ1) is 15.8. The average molecular weight is 300 g/mol. The molecule has 1 amide bonds. The fraction of sp³-hybridized carbons (Fsp3) is 0.294. The molecule has 1 atom stereocenters. The summed E-state index contributed by atoms with van der Waals surface area (Å²) in [5.41, 5.74) is 0.815. The third-order valence-electron chi connectivity index (χ3n) is 3.17. The Morgan fingerprint density at radius 3 is 2.50 bits per heavy atom. The molecule has 0 spiro atoms. The van der Waals surface area contributed by atoms with E-state index >= 15 is 0 Å². The maximum Gasteiger partial charge on any atom is 0.261 e. The summed E-state index contributed by atoms with van der Waals surface area (Å²) in [7, 11) is 1.61. The molecule has 0 bridgehead atoms. The molecule has 0 aliphatic carbocycles. The van der Waals surface area contributed by atoms with E-state index in [1.54, 1.807) is 37.6 Å². The summed E-state index contributed by atoms with van der Waals surface area (Å²) in [5, 5.41) is 2.84. The topological polar surface area (TPSA) is 60.5 Å². The number of aromatic nitrogens is 1. The van der Waals surface area contributed by atoms with Gasteiger partial charge < -0.3 is 14.8 Å². The highest BCUT2D eigenvalue weighted by Gasteiger charge is 2.18. The maximum absolute atomic E-state index is 12.2. The number of pyridine rings is 1.